The lowest BCUT2D eigenvalue weighted by Crippen LogP contribution is -2.16. The Morgan fingerprint density at radius 1 is 1.62 bits per heavy atom. The van der Waals surface area contributed by atoms with Crippen molar-refractivity contribution in [3.63, 3.8) is 0 Å². The van der Waals surface area contributed by atoms with Gasteiger partial charge in [-0.05, 0) is 23.3 Å². The molecule has 2 atom stereocenters. The van der Waals surface area contributed by atoms with Gasteiger partial charge in [-0.15, -0.1) is 6.58 Å². The summed E-state index contributed by atoms with van der Waals surface area (Å²) in [4.78, 5) is 11.9. The minimum atomic E-state index is -0.0212. The summed E-state index contributed by atoms with van der Waals surface area (Å²) in [6.45, 7) is 10.2. The quantitative estimate of drug-likeness (QED) is 0.726. The molecule has 0 heterocycles. The molecule has 0 spiro atoms. The Morgan fingerprint density at radius 3 is 2.62 bits per heavy atom. The zero-order chi connectivity index (χ0) is 12.3. The summed E-state index contributed by atoms with van der Waals surface area (Å²) >= 11 is 0. The second kappa shape index (κ2) is 4.96. The third kappa shape index (κ3) is 2.82. The summed E-state index contributed by atoms with van der Waals surface area (Å²) in [7, 11) is 0. The van der Waals surface area contributed by atoms with E-state index in [2.05, 4.69) is 33.4 Å². The first kappa shape index (κ1) is 13.2. The van der Waals surface area contributed by atoms with Crippen molar-refractivity contribution in [3.8, 4) is 0 Å². The van der Waals surface area contributed by atoms with E-state index in [4.69, 9.17) is 5.11 Å². The zero-order valence-corrected chi connectivity index (χ0v) is 10.5. The predicted octanol–water partition coefficient (Wildman–Crippen LogP) is 2.73. The second-order valence-electron chi connectivity index (χ2n) is 5.44. The first-order valence-electron chi connectivity index (χ1n) is 5.90. The fourth-order valence-electron chi connectivity index (χ4n) is 2.40. The molecule has 0 bridgehead atoms. The number of hydrogen-bond donors (Lipinski definition) is 1. The van der Waals surface area contributed by atoms with Crippen LogP contribution in [0.4, 0.5) is 0 Å². The van der Waals surface area contributed by atoms with Gasteiger partial charge >= 0.3 is 0 Å². The second-order valence-corrected chi connectivity index (χ2v) is 5.44. The largest absolute Gasteiger partial charge is 0.396 e. The van der Waals surface area contributed by atoms with Crippen molar-refractivity contribution >= 4 is 5.78 Å². The first-order valence-corrected chi connectivity index (χ1v) is 5.90. The van der Waals surface area contributed by atoms with Crippen LogP contribution < -0.4 is 0 Å². The van der Waals surface area contributed by atoms with Crippen molar-refractivity contribution in [1.29, 1.82) is 0 Å². The molecule has 0 unspecified atom stereocenters. The van der Waals surface area contributed by atoms with Gasteiger partial charge in [-0.1, -0.05) is 32.9 Å². The van der Waals surface area contributed by atoms with E-state index in [1.165, 1.54) is 0 Å². The Kier molecular flexibility index (Phi) is 4.09. The fraction of sp³-hybridized carbons (Fsp3) is 0.643. The lowest BCUT2D eigenvalue weighted by atomic mass is 9.84. The molecule has 0 aliphatic heterocycles. The molecule has 0 amide bonds. The zero-order valence-electron chi connectivity index (χ0n) is 10.5. The van der Waals surface area contributed by atoms with Crippen LogP contribution in [-0.2, 0) is 4.79 Å². The minimum Gasteiger partial charge on any atom is -0.396 e. The Labute approximate surface area is 98.1 Å². The van der Waals surface area contributed by atoms with E-state index < -0.39 is 0 Å². The lowest BCUT2D eigenvalue weighted by Gasteiger charge is -2.20. The van der Waals surface area contributed by atoms with Crippen LogP contribution in [0.1, 0.15) is 33.6 Å². The Morgan fingerprint density at radius 2 is 2.25 bits per heavy atom. The Hall–Kier alpha value is -0.890. The maximum Gasteiger partial charge on any atom is 0.160 e. The van der Waals surface area contributed by atoms with E-state index in [0.29, 0.717) is 12.8 Å². The average Bonchev–Trinajstić information content (AvgIpc) is 2.42. The normalized spacial score (nSPS) is 22.8. The average molecular weight is 222 g/mol. The summed E-state index contributed by atoms with van der Waals surface area (Å²) in [5, 5.41) is 8.95. The standard InChI is InChI=1S/C14H22O2/c1-5-11(10(2)6-7-15)12-8-14(3,4)9-13(12)16/h5,8,10-11,15H,1,6-7,9H2,2-4H3/t10-,11-/m1/s1. The number of aliphatic hydroxyl groups excluding tert-OH is 1. The number of allylic oxidation sites excluding steroid dienone is 3. The van der Waals surface area contributed by atoms with Crippen LogP contribution in [0.15, 0.2) is 24.3 Å². The minimum absolute atomic E-state index is 0.0212. The highest BCUT2D eigenvalue weighted by Gasteiger charge is 2.34. The van der Waals surface area contributed by atoms with Gasteiger partial charge < -0.3 is 5.11 Å². The summed E-state index contributed by atoms with van der Waals surface area (Å²) in [5.41, 5.74) is 0.869. The summed E-state index contributed by atoms with van der Waals surface area (Å²) in [6.07, 6.45) is 5.22. The molecule has 0 aromatic carbocycles. The van der Waals surface area contributed by atoms with Crippen molar-refractivity contribution in [2.75, 3.05) is 6.61 Å². The molecule has 0 radical (unpaired) electrons. The topological polar surface area (TPSA) is 37.3 Å². The van der Waals surface area contributed by atoms with E-state index in [1.54, 1.807) is 0 Å². The molecule has 2 nitrogen and oxygen atoms in total. The number of aliphatic hydroxyl groups is 1. The van der Waals surface area contributed by atoms with Crippen molar-refractivity contribution in [2.45, 2.75) is 33.6 Å². The van der Waals surface area contributed by atoms with Crippen LogP contribution in [0, 0.1) is 17.3 Å². The Balaban J connectivity index is 2.89. The Bertz CT molecular complexity index is 313. The molecule has 0 aromatic rings. The molecule has 2 heteroatoms. The number of rotatable bonds is 5. The third-order valence-corrected chi connectivity index (χ3v) is 3.29. The molecular weight excluding hydrogens is 200 g/mol. The van der Waals surface area contributed by atoms with Gasteiger partial charge in [0.05, 0.1) is 0 Å². The summed E-state index contributed by atoms with van der Waals surface area (Å²) in [6, 6.07) is 0. The summed E-state index contributed by atoms with van der Waals surface area (Å²) in [5.74, 6) is 0.590. The highest BCUT2D eigenvalue weighted by atomic mass is 16.3. The lowest BCUT2D eigenvalue weighted by molar-refractivity contribution is -0.116. The molecule has 1 aliphatic carbocycles. The van der Waals surface area contributed by atoms with Crippen LogP contribution in [0.5, 0.6) is 0 Å². The molecular formula is C14H22O2. The number of carbonyl (C=O) groups is 1. The predicted molar refractivity (Wildman–Crippen MR) is 66.0 cm³/mol. The van der Waals surface area contributed by atoms with E-state index in [9.17, 15) is 4.79 Å². The third-order valence-electron chi connectivity index (χ3n) is 3.29. The van der Waals surface area contributed by atoms with Gasteiger partial charge in [0.1, 0.15) is 0 Å². The highest BCUT2D eigenvalue weighted by molar-refractivity contribution is 5.99. The van der Waals surface area contributed by atoms with Gasteiger partial charge in [-0.3, -0.25) is 4.79 Å². The van der Waals surface area contributed by atoms with Gasteiger partial charge in [0.2, 0.25) is 0 Å². The maximum atomic E-state index is 11.9. The number of Topliss-reactive ketones (excluding diaryl/α,β-unsaturated/α-hetero) is 1. The number of carbonyl (C=O) groups excluding carboxylic acids is 1. The molecule has 1 rings (SSSR count). The van der Waals surface area contributed by atoms with Crippen LogP contribution in [0.3, 0.4) is 0 Å². The molecule has 90 valence electrons. The van der Waals surface area contributed by atoms with E-state index >= 15 is 0 Å². The molecule has 0 fully saturated rings. The van der Waals surface area contributed by atoms with Gasteiger partial charge in [-0.2, -0.15) is 0 Å². The van der Waals surface area contributed by atoms with Crippen LogP contribution >= 0.6 is 0 Å². The molecule has 0 saturated carbocycles. The molecule has 0 aromatic heterocycles. The molecule has 16 heavy (non-hydrogen) atoms. The van der Waals surface area contributed by atoms with Gasteiger partial charge in [0.25, 0.3) is 0 Å². The SMILES string of the molecule is C=C[C@@H](C1=CC(C)(C)CC1=O)[C@H](C)CCO. The smallest absolute Gasteiger partial charge is 0.160 e. The van der Waals surface area contributed by atoms with Crippen LogP contribution in [0.25, 0.3) is 0 Å². The van der Waals surface area contributed by atoms with Gasteiger partial charge in [0.15, 0.2) is 5.78 Å². The van der Waals surface area contributed by atoms with Crippen molar-refractivity contribution in [3.05, 3.63) is 24.3 Å². The first-order chi connectivity index (χ1) is 7.41. The highest BCUT2D eigenvalue weighted by Crippen LogP contribution is 2.38. The number of hydrogen-bond acceptors (Lipinski definition) is 2. The van der Waals surface area contributed by atoms with E-state index in [1.807, 2.05) is 6.08 Å². The molecule has 0 saturated heterocycles. The van der Waals surface area contributed by atoms with Crippen molar-refractivity contribution in [2.24, 2.45) is 17.3 Å². The van der Waals surface area contributed by atoms with Crippen LogP contribution in [-0.4, -0.2) is 17.5 Å². The van der Waals surface area contributed by atoms with Gasteiger partial charge in [0, 0.05) is 18.9 Å². The van der Waals surface area contributed by atoms with E-state index in [0.717, 1.165) is 5.57 Å². The molecule has 1 N–H and O–H groups in total. The summed E-state index contributed by atoms with van der Waals surface area (Å²) < 4.78 is 0. The molecule has 1 aliphatic rings. The fourth-order valence-corrected chi connectivity index (χ4v) is 2.40. The van der Waals surface area contributed by atoms with Crippen LogP contribution in [0.2, 0.25) is 0 Å². The van der Waals surface area contributed by atoms with Crippen molar-refractivity contribution in [1.82, 2.24) is 0 Å². The van der Waals surface area contributed by atoms with E-state index in [-0.39, 0.29) is 29.6 Å². The van der Waals surface area contributed by atoms with Gasteiger partial charge in [-0.25, -0.2) is 0 Å². The number of ketones is 1. The monoisotopic (exact) mass is 222 g/mol. The maximum absolute atomic E-state index is 11.9. The van der Waals surface area contributed by atoms with Crippen molar-refractivity contribution < 1.29 is 9.90 Å².